The third-order valence-electron chi connectivity index (χ3n) is 2.11. The Hall–Kier alpha value is -1.96. The highest BCUT2D eigenvalue weighted by molar-refractivity contribution is 5.55. The topological polar surface area (TPSA) is 29.3 Å². The molecule has 1 aromatic carbocycles. The molecule has 0 saturated heterocycles. The lowest BCUT2D eigenvalue weighted by Crippen LogP contribution is -2.20. The first kappa shape index (κ1) is 11.1. The van der Waals surface area contributed by atoms with Crippen LogP contribution in [-0.2, 0) is 0 Å². The van der Waals surface area contributed by atoms with E-state index < -0.39 is 0 Å². The van der Waals surface area contributed by atoms with Crippen molar-refractivity contribution in [2.45, 2.75) is 0 Å². The van der Waals surface area contributed by atoms with Gasteiger partial charge in [0.1, 0.15) is 0 Å². The van der Waals surface area contributed by atoms with Crippen molar-refractivity contribution in [2.75, 3.05) is 11.9 Å². The molecule has 15 heavy (non-hydrogen) atoms. The molecule has 0 aliphatic carbocycles. The van der Waals surface area contributed by atoms with E-state index in [1.54, 1.807) is 6.08 Å². The maximum atomic E-state index is 5.71. The van der Waals surface area contributed by atoms with Gasteiger partial charge in [-0.3, -0.25) is 0 Å². The Kier molecular flexibility index (Phi) is 3.75. The number of nitrogens with two attached hydrogens (primary N) is 1. The second kappa shape index (κ2) is 5.05. The van der Waals surface area contributed by atoms with Crippen LogP contribution in [0.1, 0.15) is 0 Å². The summed E-state index contributed by atoms with van der Waals surface area (Å²) in [4.78, 5) is 1.98. The lowest BCUT2D eigenvalue weighted by atomic mass is 10.2. The minimum atomic E-state index is 0.529. The van der Waals surface area contributed by atoms with Gasteiger partial charge in [0.15, 0.2) is 0 Å². The van der Waals surface area contributed by atoms with Crippen LogP contribution in [-0.4, -0.2) is 7.05 Å². The molecular weight excluding hydrogens is 184 g/mol. The first-order chi connectivity index (χ1) is 7.16. The van der Waals surface area contributed by atoms with E-state index in [1.807, 2.05) is 48.4 Å². The summed E-state index contributed by atoms with van der Waals surface area (Å²) < 4.78 is 0. The molecule has 1 aromatic rings. The Morgan fingerprint density at radius 3 is 2.40 bits per heavy atom. The highest BCUT2D eigenvalue weighted by atomic mass is 15.1. The Morgan fingerprint density at radius 2 is 1.93 bits per heavy atom. The van der Waals surface area contributed by atoms with Crippen LogP contribution in [0, 0.1) is 0 Å². The van der Waals surface area contributed by atoms with Crippen LogP contribution in [0.2, 0.25) is 0 Å². The van der Waals surface area contributed by atoms with Crippen LogP contribution in [0.15, 0.2) is 67.0 Å². The third-order valence-corrected chi connectivity index (χ3v) is 2.11. The zero-order valence-corrected chi connectivity index (χ0v) is 8.98. The van der Waals surface area contributed by atoms with Crippen LogP contribution in [0.3, 0.4) is 0 Å². The summed E-state index contributed by atoms with van der Waals surface area (Å²) in [6.07, 6.45) is 3.54. The van der Waals surface area contributed by atoms with Gasteiger partial charge in [-0.1, -0.05) is 37.4 Å². The summed E-state index contributed by atoms with van der Waals surface area (Å²) in [6, 6.07) is 9.97. The van der Waals surface area contributed by atoms with Gasteiger partial charge in [0.25, 0.3) is 0 Å². The molecule has 0 atom stereocenters. The van der Waals surface area contributed by atoms with E-state index in [2.05, 4.69) is 13.2 Å². The number of hydrogen-bond donors (Lipinski definition) is 1. The summed E-state index contributed by atoms with van der Waals surface area (Å²) in [5.41, 5.74) is 8.16. The maximum Gasteiger partial charge on any atom is 0.0635 e. The Bertz CT molecular complexity index is 377. The lowest BCUT2D eigenvalue weighted by Gasteiger charge is -2.22. The van der Waals surface area contributed by atoms with Gasteiger partial charge in [0.05, 0.1) is 5.70 Å². The van der Waals surface area contributed by atoms with Gasteiger partial charge in [-0.15, -0.1) is 0 Å². The minimum absolute atomic E-state index is 0.529. The molecular formula is C13H16N2. The summed E-state index contributed by atoms with van der Waals surface area (Å²) in [7, 11) is 1.95. The van der Waals surface area contributed by atoms with Crippen LogP contribution in [0.4, 0.5) is 5.69 Å². The van der Waals surface area contributed by atoms with Crippen LogP contribution < -0.4 is 10.6 Å². The van der Waals surface area contributed by atoms with Crippen molar-refractivity contribution in [1.29, 1.82) is 0 Å². The number of likely N-dealkylation sites (N-methyl/N-ethyl adjacent to an activating group) is 1. The maximum absolute atomic E-state index is 5.71. The van der Waals surface area contributed by atoms with Gasteiger partial charge in [-0.2, -0.15) is 0 Å². The fraction of sp³-hybridized carbons (Fsp3) is 0.0769. The van der Waals surface area contributed by atoms with Crippen molar-refractivity contribution < 1.29 is 0 Å². The minimum Gasteiger partial charge on any atom is -0.398 e. The highest BCUT2D eigenvalue weighted by Gasteiger charge is 2.06. The number of allylic oxidation sites excluding steroid dienone is 2. The molecule has 0 aliphatic heterocycles. The van der Waals surface area contributed by atoms with Crippen molar-refractivity contribution in [2.24, 2.45) is 5.73 Å². The van der Waals surface area contributed by atoms with Crippen LogP contribution in [0.25, 0.3) is 0 Å². The van der Waals surface area contributed by atoms with E-state index >= 15 is 0 Å². The summed E-state index contributed by atoms with van der Waals surface area (Å²) in [6.45, 7) is 7.40. The van der Waals surface area contributed by atoms with E-state index in [-0.39, 0.29) is 0 Å². The normalized spacial score (nSPS) is 10.9. The van der Waals surface area contributed by atoms with E-state index in [0.717, 1.165) is 11.4 Å². The van der Waals surface area contributed by atoms with E-state index in [0.29, 0.717) is 5.70 Å². The smallest absolute Gasteiger partial charge is 0.0635 e. The number of benzene rings is 1. The van der Waals surface area contributed by atoms with E-state index in [9.17, 15) is 0 Å². The number of nitrogens with zero attached hydrogens (tertiary/aromatic N) is 1. The summed E-state index contributed by atoms with van der Waals surface area (Å²) in [5, 5.41) is 0. The molecule has 0 spiro atoms. The van der Waals surface area contributed by atoms with Gasteiger partial charge in [0, 0.05) is 18.4 Å². The zero-order valence-electron chi connectivity index (χ0n) is 8.98. The summed E-state index contributed by atoms with van der Waals surface area (Å²) >= 11 is 0. The molecule has 2 heteroatoms. The molecule has 0 aromatic heterocycles. The third kappa shape index (κ3) is 2.74. The average molecular weight is 200 g/mol. The molecule has 0 radical (unpaired) electrons. The fourth-order valence-electron chi connectivity index (χ4n) is 1.34. The predicted octanol–water partition coefficient (Wildman–Crippen LogP) is 2.67. The molecule has 0 unspecified atom stereocenters. The molecule has 1 rings (SSSR count). The van der Waals surface area contributed by atoms with Crippen LogP contribution in [0.5, 0.6) is 0 Å². The Balaban J connectivity index is 3.01. The van der Waals surface area contributed by atoms with Crippen molar-refractivity contribution in [3.63, 3.8) is 0 Å². The fourth-order valence-corrected chi connectivity index (χ4v) is 1.34. The number of rotatable bonds is 4. The average Bonchev–Trinajstić information content (AvgIpc) is 2.26. The second-order valence-corrected chi connectivity index (χ2v) is 3.21. The molecule has 0 amide bonds. The molecule has 0 fully saturated rings. The molecule has 0 bridgehead atoms. The number of anilines is 1. The monoisotopic (exact) mass is 200 g/mol. The van der Waals surface area contributed by atoms with Gasteiger partial charge >= 0.3 is 0 Å². The quantitative estimate of drug-likeness (QED) is 0.757. The molecule has 0 heterocycles. The molecule has 0 saturated carbocycles. The Morgan fingerprint density at radius 1 is 1.33 bits per heavy atom. The van der Waals surface area contributed by atoms with Crippen molar-refractivity contribution >= 4 is 5.69 Å². The van der Waals surface area contributed by atoms with Crippen molar-refractivity contribution in [3.05, 3.63) is 67.0 Å². The second-order valence-electron chi connectivity index (χ2n) is 3.21. The molecule has 2 nitrogen and oxygen atoms in total. The number of para-hydroxylation sites is 1. The van der Waals surface area contributed by atoms with Gasteiger partial charge in [0.2, 0.25) is 0 Å². The molecule has 0 aliphatic rings. The first-order valence-electron chi connectivity index (χ1n) is 4.73. The van der Waals surface area contributed by atoms with Crippen molar-refractivity contribution in [1.82, 2.24) is 0 Å². The molecule has 78 valence electrons. The van der Waals surface area contributed by atoms with Gasteiger partial charge < -0.3 is 10.6 Å². The summed E-state index contributed by atoms with van der Waals surface area (Å²) in [5.74, 6) is 0. The van der Waals surface area contributed by atoms with Gasteiger partial charge in [-0.05, 0) is 18.2 Å². The highest BCUT2D eigenvalue weighted by Crippen LogP contribution is 2.18. The first-order valence-corrected chi connectivity index (χ1v) is 4.73. The van der Waals surface area contributed by atoms with Crippen molar-refractivity contribution in [3.8, 4) is 0 Å². The number of hydrogen-bond acceptors (Lipinski definition) is 2. The van der Waals surface area contributed by atoms with E-state index in [1.165, 1.54) is 0 Å². The SMILES string of the molecule is C=C/C=C(\C(=C)N)N(C)c1ccccc1. The zero-order chi connectivity index (χ0) is 11.3. The largest absolute Gasteiger partial charge is 0.398 e. The van der Waals surface area contributed by atoms with Gasteiger partial charge in [-0.25, -0.2) is 0 Å². The van der Waals surface area contributed by atoms with E-state index in [4.69, 9.17) is 5.73 Å². The predicted molar refractivity (Wildman–Crippen MR) is 66.5 cm³/mol. The Labute approximate surface area is 91.0 Å². The molecule has 2 N–H and O–H groups in total. The standard InChI is InChI=1S/C13H16N2/c1-4-8-13(11(2)14)15(3)12-9-6-5-7-10-12/h4-10H,1-2,14H2,3H3/b13-8+. The lowest BCUT2D eigenvalue weighted by molar-refractivity contribution is 1.09. The van der Waals surface area contributed by atoms with Crippen LogP contribution >= 0.6 is 0 Å².